The fourth-order valence-electron chi connectivity index (χ4n) is 9.82. The Morgan fingerprint density at radius 2 is 1.59 bits per heavy atom. The highest BCUT2D eigenvalue weighted by Crippen LogP contribution is 2.72. The fraction of sp³-hybridized carbons (Fsp3) is 0.933. The second-order valence-corrected chi connectivity index (χ2v) is 13.9. The standard InChI is InChI=1S/C30H52O2/c1-20(2)9-8-10-21(3)22-14-18-30(19-31)24-11-12-25-27(4,5)26(32)15-16-28(25,6)23(24)13-17-29(22,30)7/h20-22,25-26,31-32H,8-19H2,1-7H3/t21-,22-,25+,26?,28-,29-,30-/m1/s1. The minimum atomic E-state index is -0.175. The van der Waals surface area contributed by atoms with Crippen LogP contribution in [0.25, 0.3) is 0 Å². The second-order valence-electron chi connectivity index (χ2n) is 13.9. The van der Waals surface area contributed by atoms with Crippen molar-refractivity contribution in [1.29, 1.82) is 0 Å². The van der Waals surface area contributed by atoms with Gasteiger partial charge in [-0.05, 0) is 91.3 Å². The van der Waals surface area contributed by atoms with Crippen molar-refractivity contribution in [3.63, 3.8) is 0 Å². The van der Waals surface area contributed by atoms with Crippen LogP contribution in [0.2, 0.25) is 0 Å². The minimum Gasteiger partial charge on any atom is -0.395 e. The molecular formula is C30H52O2. The molecule has 184 valence electrons. The lowest BCUT2D eigenvalue weighted by Gasteiger charge is -2.62. The van der Waals surface area contributed by atoms with Crippen LogP contribution in [0.3, 0.4) is 0 Å². The molecule has 2 fully saturated rings. The highest BCUT2D eigenvalue weighted by atomic mass is 16.3. The number of aliphatic hydroxyl groups is 2. The van der Waals surface area contributed by atoms with E-state index in [1.165, 1.54) is 51.4 Å². The number of rotatable bonds is 6. The van der Waals surface area contributed by atoms with Gasteiger partial charge in [-0.2, -0.15) is 0 Å². The van der Waals surface area contributed by atoms with Crippen molar-refractivity contribution in [1.82, 2.24) is 0 Å². The molecule has 4 aliphatic carbocycles. The number of hydrogen-bond donors (Lipinski definition) is 2. The van der Waals surface area contributed by atoms with Crippen LogP contribution in [0, 0.1) is 45.3 Å². The minimum absolute atomic E-state index is 0.00570. The maximum Gasteiger partial charge on any atom is 0.0594 e. The van der Waals surface area contributed by atoms with Gasteiger partial charge in [0.05, 0.1) is 12.7 Å². The largest absolute Gasteiger partial charge is 0.395 e. The summed E-state index contributed by atoms with van der Waals surface area (Å²) < 4.78 is 0. The molecule has 2 saturated carbocycles. The van der Waals surface area contributed by atoms with Crippen molar-refractivity contribution in [3.05, 3.63) is 11.1 Å². The molecule has 2 N–H and O–H groups in total. The van der Waals surface area contributed by atoms with E-state index in [0.29, 0.717) is 12.5 Å². The van der Waals surface area contributed by atoms with Gasteiger partial charge in [0.2, 0.25) is 0 Å². The van der Waals surface area contributed by atoms with E-state index in [0.717, 1.165) is 37.0 Å². The molecule has 4 aliphatic rings. The van der Waals surface area contributed by atoms with Gasteiger partial charge in [-0.15, -0.1) is 0 Å². The summed E-state index contributed by atoms with van der Waals surface area (Å²) in [4.78, 5) is 0. The van der Waals surface area contributed by atoms with Gasteiger partial charge >= 0.3 is 0 Å². The molecule has 0 aromatic heterocycles. The summed E-state index contributed by atoms with van der Waals surface area (Å²) in [7, 11) is 0. The highest BCUT2D eigenvalue weighted by molar-refractivity contribution is 5.39. The Bertz CT molecular complexity index is 735. The molecule has 2 heteroatoms. The zero-order chi connectivity index (χ0) is 23.5. The van der Waals surface area contributed by atoms with Crippen molar-refractivity contribution in [2.75, 3.05) is 6.61 Å². The Morgan fingerprint density at radius 3 is 2.25 bits per heavy atom. The lowest BCUT2D eigenvalue weighted by atomic mass is 9.43. The van der Waals surface area contributed by atoms with Crippen LogP contribution in [0.15, 0.2) is 11.1 Å². The smallest absolute Gasteiger partial charge is 0.0594 e. The molecule has 7 atom stereocenters. The average molecular weight is 445 g/mol. The van der Waals surface area contributed by atoms with Gasteiger partial charge in [0.1, 0.15) is 0 Å². The Balaban J connectivity index is 1.67. The fourth-order valence-corrected chi connectivity index (χ4v) is 9.82. The normalized spacial score (nSPS) is 44.2. The van der Waals surface area contributed by atoms with Crippen molar-refractivity contribution >= 4 is 0 Å². The van der Waals surface area contributed by atoms with E-state index in [1.54, 1.807) is 11.1 Å². The van der Waals surface area contributed by atoms with E-state index in [1.807, 2.05) is 0 Å². The lowest BCUT2D eigenvalue weighted by molar-refractivity contribution is -0.0997. The number of hydrogen-bond acceptors (Lipinski definition) is 2. The monoisotopic (exact) mass is 444 g/mol. The zero-order valence-corrected chi connectivity index (χ0v) is 22.3. The highest BCUT2D eigenvalue weighted by Gasteiger charge is 2.64. The van der Waals surface area contributed by atoms with Gasteiger partial charge < -0.3 is 10.2 Å². The van der Waals surface area contributed by atoms with Crippen LogP contribution in [0.5, 0.6) is 0 Å². The van der Waals surface area contributed by atoms with Crippen LogP contribution < -0.4 is 0 Å². The first-order valence-electron chi connectivity index (χ1n) is 14.0. The topological polar surface area (TPSA) is 40.5 Å². The number of aliphatic hydroxyl groups excluding tert-OH is 2. The van der Waals surface area contributed by atoms with Gasteiger partial charge in [0.25, 0.3) is 0 Å². The molecule has 0 aliphatic heterocycles. The Hall–Kier alpha value is -0.340. The molecule has 0 heterocycles. The van der Waals surface area contributed by atoms with E-state index >= 15 is 0 Å². The SMILES string of the molecule is CC(C)CCC[C@@H](C)[C@H]1CC[C@@]2(CO)C3=C(CC[C@]12C)[C@@]1(C)CCC(O)C(C)(C)[C@@H]1CC3. The van der Waals surface area contributed by atoms with Crippen molar-refractivity contribution in [3.8, 4) is 0 Å². The van der Waals surface area contributed by atoms with Crippen LogP contribution in [0.4, 0.5) is 0 Å². The summed E-state index contributed by atoms with van der Waals surface area (Å²) in [6.07, 6.45) is 13.2. The van der Waals surface area contributed by atoms with Gasteiger partial charge in [-0.1, -0.05) is 78.9 Å². The molecule has 0 spiro atoms. The average Bonchev–Trinajstić information content (AvgIpc) is 3.04. The summed E-state index contributed by atoms with van der Waals surface area (Å²) in [6.45, 7) is 17.2. The van der Waals surface area contributed by atoms with E-state index in [2.05, 4.69) is 48.5 Å². The predicted octanol–water partition coefficient (Wildman–Crippen LogP) is 7.53. The molecule has 2 nitrogen and oxygen atoms in total. The Morgan fingerprint density at radius 1 is 0.875 bits per heavy atom. The van der Waals surface area contributed by atoms with Crippen LogP contribution >= 0.6 is 0 Å². The Labute approximate surface area is 198 Å². The molecule has 0 amide bonds. The van der Waals surface area contributed by atoms with E-state index < -0.39 is 0 Å². The van der Waals surface area contributed by atoms with Gasteiger partial charge in [0, 0.05) is 5.41 Å². The third-order valence-corrected chi connectivity index (χ3v) is 11.9. The van der Waals surface area contributed by atoms with Crippen molar-refractivity contribution in [2.45, 2.75) is 125 Å². The summed E-state index contributed by atoms with van der Waals surface area (Å²) in [5.74, 6) is 2.86. The zero-order valence-electron chi connectivity index (χ0n) is 22.3. The molecule has 0 aromatic rings. The molecule has 32 heavy (non-hydrogen) atoms. The molecule has 4 rings (SSSR count). The number of allylic oxidation sites excluding steroid dienone is 1. The quantitative estimate of drug-likeness (QED) is 0.416. The third kappa shape index (κ3) is 3.40. The van der Waals surface area contributed by atoms with Crippen molar-refractivity contribution in [2.24, 2.45) is 45.3 Å². The first-order valence-corrected chi connectivity index (χ1v) is 14.0. The van der Waals surface area contributed by atoms with Crippen LogP contribution in [0.1, 0.15) is 119 Å². The summed E-state index contributed by atoms with van der Waals surface area (Å²) in [5.41, 5.74) is 3.84. The first-order chi connectivity index (χ1) is 14.9. The predicted molar refractivity (Wildman–Crippen MR) is 134 cm³/mol. The molecular weight excluding hydrogens is 392 g/mol. The molecule has 0 radical (unpaired) electrons. The first kappa shape index (κ1) is 24.8. The summed E-state index contributed by atoms with van der Waals surface area (Å²) >= 11 is 0. The second kappa shape index (κ2) is 8.40. The van der Waals surface area contributed by atoms with E-state index in [9.17, 15) is 10.2 Å². The van der Waals surface area contributed by atoms with Crippen molar-refractivity contribution < 1.29 is 10.2 Å². The Kier molecular flexibility index (Phi) is 6.50. The summed E-state index contributed by atoms with van der Waals surface area (Å²) in [5, 5.41) is 21.9. The maximum atomic E-state index is 11.1. The van der Waals surface area contributed by atoms with E-state index in [4.69, 9.17) is 0 Å². The number of fused-ring (bicyclic) bond motifs is 4. The molecule has 0 saturated heterocycles. The van der Waals surface area contributed by atoms with Crippen LogP contribution in [-0.2, 0) is 0 Å². The molecule has 1 unspecified atom stereocenters. The van der Waals surface area contributed by atoms with Gasteiger partial charge in [-0.25, -0.2) is 0 Å². The maximum absolute atomic E-state index is 11.1. The van der Waals surface area contributed by atoms with Gasteiger partial charge in [0.15, 0.2) is 0 Å². The lowest BCUT2D eigenvalue weighted by Crippen LogP contribution is -2.56. The third-order valence-electron chi connectivity index (χ3n) is 11.9. The summed E-state index contributed by atoms with van der Waals surface area (Å²) in [6, 6.07) is 0. The molecule has 0 aromatic carbocycles. The molecule has 0 bridgehead atoms. The van der Waals surface area contributed by atoms with Gasteiger partial charge in [-0.3, -0.25) is 0 Å². The van der Waals surface area contributed by atoms with E-state index in [-0.39, 0.29) is 27.8 Å². The van der Waals surface area contributed by atoms with Crippen LogP contribution in [-0.4, -0.2) is 22.9 Å².